The summed E-state index contributed by atoms with van der Waals surface area (Å²) in [7, 11) is 0. The molecule has 6 nitrogen and oxygen atoms in total. The first-order chi connectivity index (χ1) is 11.6. The molecule has 5 unspecified atom stereocenters. The molecule has 4 rings (SSSR count). The molecule has 0 radical (unpaired) electrons. The summed E-state index contributed by atoms with van der Waals surface area (Å²) in [5.74, 6) is -0.879. The van der Waals surface area contributed by atoms with Crippen molar-refractivity contribution in [3.8, 4) is 0 Å². The Labute approximate surface area is 139 Å². The van der Waals surface area contributed by atoms with E-state index >= 15 is 0 Å². The van der Waals surface area contributed by atoms with E-state index in [-0.39, 0.29) is 54.0 Å². The third-order valence-electron chi connectivity index (χ3n) is 5.43. The minimum absolute atomic E-state index is 0.166. The first-order valence-corrected chi connectivity index (χ1v) is 8.29. The van der Waals surface area contributed by atoms with E-state index in [2.05, 4.69) is 10.3 Å². The molecule has 124 valence electrons. The molecule has 1 aromatic rings. The summed E-state index contributed by atoms with van der Waals surface area (Å²) in [6, 6.07) is 3.45. The van der Waals surface area contributed by atoms with Gasteiger partial charge < -0.3 is 5.32 Å². The number of hydrogen-bond donors (Lipinski definition) is 1. The quantitative estimate of drug-likeness (QED) is 0.663. The van der Waals surface area contributed by atoms with Crippen LogP contribution in [0.15, 0.2) is 36.7 Å². The fourth-order valence-electron chi connectivity index (χ4n) is 4.27. The maximum absolute atomic E-state index is 12.6. The van der Waals surface area contributed by atoms with E-state index in [1.165, 1.54) is 0 Å². The Bertz CT molecular complexity index is 700. The molecule has 2 bridgehead atoms. The topological polar surface area (TPSA) is 79.4 Å². The van der Waals surface area contributed by atoms with Crippen LogP contribution >= 0.6 is 0 Å². The van der Waals surface area contributed by atoms with Crippen molar-refractivity contribution in [2.75, 3.05) is 6.54 Å². The SMILES string of the molecule is CC(NC(=O)CN1C(=O)C2C3C=CC(C3)C2C1=O)c1cccnc1. The van der Waals surface area contributed by atoms with Crippen molar-refractivity contribution in [3.05, 3.63) is 42.2 Å². The molecule has 1 N–H and O–H groups in total. The van der Waals surface area contributed by atoms with Crippen LogP contribution < -0.4 is 5.32 Å². The van der Waals surface area contributed by atoms with E-state index in [1.54, 1.807) is 18.5 Å². The zero-order chi connectivity index (χ0) is 16.8. The van der Waals surface area contributed by atoms with Crippen molar-refractivity contribution in [1.82, 2.24) is 15.2 Å². The molecular weight excluding hydrogens is 306 g/mol. The highest BCUT2D eigenvalue weighted by Crippen LogP contribution is 2.52. The maximum Gasteiger partial charge on any atom is 0.240 e. The van der Waals surface area contributed by atoms with Crippen LogP contribution in [0.1, 0.15) is 24.9 Å². The minimum atomic E-state index is -0.326. The van der Waals surface area contributed by atoms with Crippen molar-refractivity contribution in [2.45, 2.75) is 19.4 Å². The summed E-state index contributed by atoms with van der Waals surface area (Å²) >= 11 is 0. The number of amides is 3. The molecule has 3 aliphatic rings. The van der Waals surface area contributed by atoms with Gasteiger partial charge in [-0.2, -0.15) is 0 Å². The molecule has 2 aliphatic carbocycles. The van der Waals surface area contributed by atoms with Crippen molar-refractivity contribution < 1.29 is 14.4 Å². The predicted molar refractivity (Wildman–Crippen MR) is 85.2 cm³/mol. The Morgan fingerprint density at radius 3 is 2.54 bits per heavy atom. The lowest BCUT2D eigenvalue weighted by Gasteiger charge is -2.19. The van der Waals surface area contributed by atoms with Crippen LogP contribution in [0, 0.1) is 23.7 Å². The lowest BCUT2D eigenvalue weighted by atomic mass is 9.85. The highest BCUT2D eigenvalue weighted by Gasteiger charge is 2.59. The van der Waals surface area contributed by atoms with Gasteiger partial charge in [0.15, 0.2) is 0 Å². The third kappa shape index (κ3) is 2.25. The number of carbonyl (C=O) groups excluding carboxylic acids is 3. The Balaban J connectivity index is 1.42. The van der Waals surface area contributed by atoms with Crippen LogP contribution in [0.2, 0.25) is 0 Å². The lowest BCUT2D eigenvalue weighted by Crippen LogP contribution is -2.42. The number of rotatable bonds is 4. The van der Waals surface area contributed by atoms with E-state index < -0.39 is 0 Å². The highest BCUT2D eigenvalue weighted by atomic mass is 16.2. The number of likely N-dealkylation sites (tertiary alicyclic amines) is 1. The van der Waals surface area contributed by atoms with Crippen LogP contribution in [0.4, 0.5) is 0 Å². The number of allylic oxidation sites excluding steroid dienone is 2. The largest absolute Gasteiger partial charge is 0.348 e. The van der Waals surface area contributed by atoms with Crippen LogP contribution in [-0.4, -0.2) is 34.2 Å². The van der Waals surface area contributed by atoms with E-state index in [4.69, 9.17) is 0 Å². The van der Waals surface area contributed by atoms with Crippen LogP contribution in [0.5, 0.6) is 0 Å². The molecule has 1 aromatic heterocycles. The summed E-state index contributed by atoms with van der Waals surface area (Å²) in [5, 5.41) is 2.83. The lowest BCUT2D eigenvalue weighted by molar-refractivity contribution is -0.144. The van der Waals surface area contributed by atoms with Gasteiger partial charge in [-0.15, -0.1) is 0 Å². The number of fused-ring (bicyclic) bond motifs is 5. The number of carbonyl (C=O) groups is 3. The minimum Gasteiger partial charge on any atom is -0.348 e. The monoisotopic (exact) mass is 325 g/mol. The summed E-state index contributed by atoms with van der Waals surface area (Å²) in [4.78, 5) is 42.6. The van der Waals surface area contributed by atoms with Gasteiger partial charge in [-0.25, -0.2) is 0 Å². The number of nitrogens with zero attached hydrogens (tertiary/aromatic N) is 2. The van der Waals surface area contributed by atoms with Crippen LogP contribution in [0.3, 0.4) is 0 Å². The van der Waals surface area contributed by atoms with Gasteiger partial charge in [0.05, 0.1) is 17.9 Å². The standard InChI is InChI=1S/C18H19N3O3/c1-10(13-3-2-6-19-8-13)20-14(22)9-21-17(23)15-11-4-5-12(7-11)16(15)18(21)24/h2-6,8,10-12,15-16H,7,9H2,1H3,(H,20,22). The molecule has 1 saturated carbocycles. The Morgan fingerprint density at radius 1 is 1.29 bits per heavy atom. The van der Waals surface area contributed by atoms with Gasteiger partial charge in [-0.3, -0.25) is 24.3 Å². The average Bonchev–Trinajstić information content (AvgIpc) is 3.25. The Kier molecular flexibility index (Phi) is 3.48. The summed E-state index contributed by atoms with van der Waals surface area (Å²) < 4.78 is 0. The Hall–Kier alpha value is -2.50. The van der Waals surface area contributed by atoms with Crippen molar-refractivity contribution in [2.24, 2.45) is 23.7 Å². The van der Waals surface area contributed by atoms with Gasteiger partial charge in [0, 0.05) is 12.4 Å². The van der Waals surface area contributed by atoms with Crippen molar-refractivity contribution in [1.29, 1.82) is 0 Å². The summed E-state index contributed by atoms with van der Waals surface area (Å²) in [5.41, 5.74) is 0.879. The second-order valence-corrected chi connectivity index (χ2v) is 6.84. The van der Waals surface area contributed by atoms with E-state index in [0.29, 0.717) is 0 Å². The zero-order valence-electron chi connectivity index (χ0n) is 13.4. The number of aromatic nitrogens is 1. The molecule has 0 spiro atoms. The first kappa shape index (κ1) is 15.1. The molecule has 1 aliphatic heterocycles. The van der Waals surface area contributed by atoms with E-state index in [1.807, 2.05) is 25.1 Å². The van der Waals surface area contributed by atoms with Gasteiger partial charge in [0.2, 0.25) is 17.7 Å². The molecule has 3 amide bonds. The first-order valence-electron chi connectivity index (χ1n) is 8.29. The second-order valence-electron chi connectivity index (χ2n) is 6.84. The molecule has 5 atom stereocenters. The van der Waals surface area contributed by atoms with Crippen molar-refractivity contribution in [3.63, 3.8) is 0 Å². The molecule has 2 fully saturated rings. The van der Waals surface area contributed by atoms with Gasteiger partial charge in [-0.1, -0.05) is 18.2 Å². The fraction of sp³-hybridized carbons (Fsp3) is 0.444. The smallest absolute Gasteiger partial charge is 0.240 e. The van der Waals surface area contributed by atoms with Crippen molar-refractivity contribution >= 4 is 17.7 Å². The van der Waals surface area contributed by atoms with Crippen LogP contribution in [0.25, 0.3) is 0 Å². The zero-order valence-corrected chi connectivity index (χ0v) is 13.4. The molecule has 0 aromatic carbocycles. The number of pyridine rings is 1. The maximum atomic E-state index is 12.6. The van der Waals surface area contributed by atoms with Gasteiger partial charge >= 0.3 is 0 Å². The normalized spacial score (nSPS) is 31.5. The molecule has 24 heavy (non-hydrogen) atoms. The van der Waals surface area contributed by atoms with E-state index in [0.717, 1.165) is 16.9 Å². The van der Waals surface area contributed by atoms with Gasteiger partial charge in [0.25, 0.3) is 0 Å². The summed E-state index contributed by atoms with van der Waals surface area (Å²) in [6.07, 6.45) is 8.34. The number of imide groups is 1. The van der Waals surface area contributed by atoms with Gasteiger partial charge in [0.1, 0.15) is 6.54 Å². The average molecular weight is 325 g/mol. The Morgan fingerprint density at radius 2 is 1.96 bits per heavy atom. The molecule has 1 saturated heterocycles. The third-order valence-corrected chi connectivity index (χ3v) is 5.43. The molecular formula is C18H19N3O3. The molecule has 2 heterocycles. The number of nitrogens with one attached hydrogen (secondary N) is 1. The molecule has 6 heteroatoms. The predicted octanol–water partition coefficient (Wildman–Crippen LogP) is 1.07. The summed E-state index contributed by atoms with van der Waals surface area (Å²) in [6.45, 7) is 1.65. The van der Waals surface area contributed by atoms with Gasteiger partial charge in [-0.05, 0) is 36.8 Å². The highest BCUT2D eigenvalue weighted by molar-refractivity contribution is 6.08. The number of hydrogen-bond acceptors (Lipinski definition) is 4. The van der Waals surface area contributed by atoms with E-state index in [9.17, 15) is 14.4 Å². The second kappa shape index (κ2) is 5.54. The van der Waals surface area contributed by atoms with Crippen LogP contribution in [-0.2, 0) is 14.4 Å². The fourth-order valence-corrected chi connectivity index (χ4v) is 4.27.